The average Bonchev–Trinajstić information content (AvgIpc) is 2.57. The number of carbonyl (C=O) groups is 1. The maximum atomic E-state index is 11.4. The van der Waals surface area contributed by atoms with E-state index < -0.39 is 17.3 Å². The summed E-state index contributed by atoms with van der Waals surface area (Å²) in [6, 6.07) is 0. The summed E-state index contributed by atoms with van der Waals surface area (Å²) < 4.78 is 1.10. The van der Waals surface area contributed by atoms with Crippen molar-refractivity contribution in [1.82, 2.24) is 14.8 Å². The minimum atomic E-state index is -0.828. The third-order valence-corrected chi connectivity index (χ3v) is 3.40. The van der Waals surface area contributed by atoms with Crippen LogP contribution < -0.4 is 11.4 Å². The average molecular weight is 271 g/mol. The number of aromatic amines is 2. The first-order chi connectivity index (χ1) is 8.71. The van der Waals surface area contributed by atoms with E-state index in [1.54, 1.807) is 0 Å². The third-order valence-electron chi connectivity index (χ3n) is 3.40. The molecule has 1 unspecified atom stereocenters. The second-order valence-corrected chi connectivity index (χ2v) is 5.80. The van der Waals surface area contributed by atoms with Crippen molar-refractivity contribution in [2.75, 3.05) is 0 Å². The fraction of sp³-hybridized carbons (Fsp3) is 0.750. The number of hydrogen-bond acceptors (Lipinski definition) is 3. The highest BCUT2D eigenvalue weighted by atomic mass is 16.4. The predicted octanol–water partition coefficient (Wildman–Crippen LogP) is 0.782. The van der Waals surface area contributed by atoms with Gasteiger partial charge in [-0.2, -0.15) is 0 Å². The van der Waals surface area contributed by atoms with Crippen LogP contribution in [-0.2, 0) is 11.3 Å². The molecule has 1 aromatic heterocycles. The van der Waals surface area contributed by atoms with Crippen molar-refractivity contribution < 1.29 is 9.90 Å². The van der Waals surface area contributed by atoms with Crippen LogP contribution in [0, 0.1) is 11.3 Å². The number of hydrogen-bond donors (Lipinski definition) is 3. The SMILES string of the molecule is CC(C)(C)C(CCC(=O)O)CCn1c(=O)[nH][nH]c1=O. The second kappa shape index (κ2) is 5.90. The Kier molecular flexibility index (Phi) is 4.74. The maximum Gasteiger partial charge on any atom is 0.344 e. The van der Waals surface area contributed by atoms with Gasteiger partial charge in [-0.3, -0.25) is 4.79 Å². The van der Waals surface area contributed by atoms with Crippen molar-refractivity contribution in [1.29, 1.82) is 0 Å². The van der Waals surface area contributed by atoms with E-state index in [0.717, 1.165) is 4.57 Å². The van der Waals surface area contributed by atoms with E-state index in [2.05, 4.69) is 10.2 Å². The van der Waals surface area contributed by atoms with Crippen molar-refractivity contribution in [2.24, 2.45) is 11.3 Å². The summed E-state index contributed by atoms with van der Waals surface area (Å²) in [7, 11) is 0. The molecule has 0 saturated carbocycles. The smallest absolute Gasteiger partial charge is 0.344 e. The molecule has 0 aromatic carbocycles. The molecule has 0 radical (unpaired) electrons. The van der Waals surface area contributed by atoms with Crippen LogP contribution in [0.3, 0.4) is 0 Å². The molecule has 0 fully saturated rings. The third kappa shape index (κ3) is 4.42. The number of carboxylic acids is 1. The molecule has 0 aliphatic heterocycles. The summed E-state index contributed by atoms with van der Waals surface area (Å²) in [4.78, 5) is 33.4. The van der Waals surface area contributed by atoms with Gasteiger partial charge in [0.2, 0.25) is 0 Å². The molecular formula is C12H21N3O4. The molecule has 1 atom stereocenters. The van der Waals surface area contributed by atoms with Gasteiger partial charge in [-0.05, 0) is 24.2 Å². The van der Waals surface area contributed by atoms with Gasteiger partial charge in [-0.1, -0.05) is 20.8 Å². The highest BCUT2D eigenvalue weighted by molar-refractivity contribution is 5.66. The van der Waals surface area contributed by atoms with Crippen LogP contribution in [0.15, 0.2) is 9.59 Å². The number of aromatic nitrogens is 3. The molecular weight excluding hydrogens is 250 g/mol. The quantitative estimate of drug-likeness (QED) is 0.710. The Morgan fingerprint density at radius 3 is 2.16 bits per heavy atom. The van der Waals surface area contributed by atoms with E-state index in [0.29, 0.717) is 19.4 Å². The Balaban J connectivity index is 2.71. The summed E-state index contributed by atoms with van der Waals surface area (Å²) in [6.07, 6.45) is 1.23. The highest BCUT2D eigenvalue weighted by Crippen LogP contribution is 2.32. The van der Waals surface area contributed by atoms with Crippen molar-refractivity contribution in [3.8, 4) is 0 Å². The molecule has 1 heterocycles. The van der Waals surface area contributed by atoms with Gasteiger partial charge in [-0.25, -0.2) is 24.4 Å². The van der Waals surface area contributed by atoms with Crippen LogP contribution in [0.5, 0.6) is 0 Å². The lowest BCUT2D eigenvalue weighted by Crippen LogP contribution is -2.30. The van der Waals surface area contributed by atoms with Gasteiger partial charge in [-0.15, -0.1) is 0 Å². The van der Waals surface area contributed by atoms with E-state index in [1.807, 2.05) is 20.8 Å². The molecule has 108 valence electrons. The minimum Gasteiger partial charge on any atom is -0.481 e. The molecule has 1 aromatic rings. The Morgan fingerprint density at radius 2 is 1.74 bits per heavy atom. The number of nitrogens with zero attached hydrogens (tertiary/aromatic N) is 1. The van der Waals surface area contributed by atoms with Crippen LogP contribution in [0.1, 0.15) is 40.0 Å². The van der Waals surface area contributed by atoms with E-state index in [1.165, 1.54) is 0 Å². The Bertz CT molecular complexity index is 505. The Labute approximate surface area is 110 Å². The standard InChI is InChI=1S/C12H21N3O4/c1-12(2,3)8(4-5-9(16)17)6-7-15-10(18)13-14-11(15)19/h8H,4-7H2,1-3H3,(H,13,18)(H,14,19)(H,16,17). The van der Waals surface area contributed by atoms with Crippen molar-refractivity contribution in [3.05, 3.63) is 21.0 Å². The van der Waals surface area contributed by atoms with Crippen molar-refractivity contribution in [3.63, 3.8) is 0 Å². The van der Waals surface area contributed by atoms with Crippen LogP contribution in [0.2, 0.25) is 0 Å². The molecule has 0 spiro atoms. The summed E-state index contributed by atoms with van der Waals surface area (Å²) >= 11 is 0. The van der Waals surface area contributed by atoms with Gasteiger partial charge in [0, 0.05) is 13.0 Å². The highest BCUT2D eigenvalue weighted by Gasteiger charge is 2.25. The monoisotopic (exact) mass is 271 g/mol. The topological polar surface area (TPSA) is 108 Å². The first-order valence-corrected chi connectivity index (χ1v) is 6.31. The number of aliphatic carboxylic acids is 1. The van der Waals surface area contributed by atoms with Crippen LogP contribution >= 0.6 is 0 Å². The Hall–Kier alpha value is -1.79. The zero-order valence-electron chi connectivity index (χ0n) is 11.5. The summed E-state index contributed by atoms with van der Waals surface area (Å²) in [5.74, 6) is -0.698. The fourth-order valence-corrected chi connectivity index (χ4v) is 2.13. The molecule has 1 rings (SSSR count). The van der Waals surface area contributed by atoms with Crippen LogP contribution in [0.4, 0.5) is 0 Å². The van der Waals surface area contributed by atoms with E-state index in [-0.39, 0.29) is 17.8 Å². The molecule has 0 bridgehead atoms. The largest absolute Gasteiger partial charge is 0.481 e. The molecule has 0 aliphatic carbocycles. The van der Waals surface area contributed by atoms with Gasteiger partial charge in [0.05, 0.1) is 0 Å². The summed E-state index contributed by atoms with van der Waals surface area (Å²) in [6.45, 7) is 6.39. The second-order valence-electron chi connectivity index (χ2n) is 5.80. The predicted molar refractivity (Wildman–Crippen MR) is 70.1 cm³/mol. The fourth-order valence-electron chi connectivity index (χ4n) is 2.13. The van der Waals surface area contributed by atoms with Gasteiger partial charge < -0.3 is 5.11 Å². The molecule has 0 saturated heterocycles. The molecule has 7 heteroatoms. The van der Waals surface area contributed by atoms with Gasteiger partial charge in [0.25, 0.3) is 0 Å². The van der Waals surface area contributed by atoms with Crippen LogP contribution in [0.25, 0.3) is 0 Å². The molecule has 0 amide bonds. The zero-order chi connectivity index (χ0) is 14.6. The lowest BCUT2D eigenvalue weighted by atomic mass is 9.76. The molecule has 7 nitrogen and oxygen atoms in total. The number of H-pyrrole nitrogens is 2. The number of nitrogens with one attached hydrogen (secondary N) is 2. The van der Waals surface area contributed by atoms with E-state index in [4.69, 9.17) is 5.11 Å². The summed E-state index contributed by atoms with van der Waals surface area (Å²) in [5.41, 5.74) is -0.992. The first kappa shape index (κ1) is 15.3. The van der Waals surface area contributed by atoms with Gasteiger partial charge >= 0.3 is 17.3 Å². The number of rotatable bonds is 6. The number of carboxylic acid groups (broad SMARTS) is 1. The lowest BCUT2D eigenvalue weighted by Gasteiger charge is -2.30. The summed E-state index contributed by atoms with van der Waals surface area (Å²) in [5, 5.41) is 13.2. The normalized spacial score (nSPS) is 13.4. The zero-order valence-corrected chi connectivity index (χ0v) is 11.5. The Morgan fingerprint density at radius 1 is 1.21 bits per heavy atom. The van der Waals surface area contributed by atoms with E-state index >= 15 is 0 Å². The maximum absolute atomic E-state index is 11.4. The van der Waals surface area contributed by atoms with Crippen LogP contribution in [-0.4, -0.2) is 25.8 Å². The molecule has 0 aliphatic rings. The van der Waals surface area contributed by atoms with Gasteiger partial charge in [0.1, 0.15) is 0 Å². The van der Waals surface area contributed by atoms with Crippen molar-refractivity contribution in [2.45, 2.75) is 46.6 Å². The van der Waals surface area contributed by atoms with Crippen molar-refractivity contribution >= 4 is 5.97 Å². The van der Waals surface area contributed by atoms with E-state index in [9.17, 15) is 14.4 Å². The lowest BCUT2D eigenvalue weighted by molar-refractivity contribution is -0.137. The van der Waals surface area contributed by atoms with Gasteiger partial charge in [0.15, 0.2) is 0 Å². The molecule has 3 N–H and O–H groups in total. The molecule has 19 heavy (non-hydrogen) atoms. The minimum absolute atomic E-state index is 0.0673. The first-order valence-electron chi connectivity index (χ1n) is 6.31.